The van der Waals surface area contributed by atoms with Crippen LogP contribution in [0.5, 0.6) is 0 Å². The molecule has 0 saturated heterocycles. The molecule has 1 N–H and O–H groups in total. The van der Waals surface area contributed by atoms with Crippen molar-refractivity contribution in [1.82, 2.24) is 0 Å². The lowest BCUT2D eigenvalue weighted by Crippen LogP contribution is -2.63. The summed E-state index contributed by atoms with van der Waals surface area (Å²) in [5, 5.41) is 10.3. The standard InChI is InChI=1S/C30H39NO3/c1-7-30-15-13-28(5)21-16-22(33)25(34)19(2)20(21)8-9-23(28)29(30,6)14-11-26(3)10-12-27(4,31-18-32)17-24(26)30/h8-9,16,24,34H,7,10-15,17H2,1-6H3/t24-,26-,27-,28+,29-,30+/m1/s1. The summed E-state index contributed by atoms with van der Waals surface area (Å²) in [5.41, 5.74) is 4.13. The van der Waals surface area contributed by atoms with Crippen molar-refractivity contribution in [3.63, 3.8) is 0 Å². The number of carbonyl (C=O) groups is 1. The molecule has 0 bridgehead atoms. The number of allylic oxidation sites excluding steroid dienone is 7. The van der Waals surface area contributed by atoms with Gasteiger partial charge in [-0.25, -0.2) is 4.79 Å². The summed E-state index contributed by atoms with van der Waals surface area (Å²) in [6, 6.07) is 0. The Hall–Kier alpha value is -2.19. The Balaban J connectivity index is 1.67. The van der Waals surface area contributed by atoms with E-state index in [1.54, 1.807) is 6.08 Å². The highest BCUT2D eigenvalue weighted by Crippen LogP contribution is 2.76. The molecule has 0 radical (unpaired) electrons. The van der Waals surface area contributed by atoms with Gasteiger partial charge in [0.2, 0.25) is 11.9 Å². The van der Waals surface area contributed by atoms with Gasteiger partial charge in [-0.05, 0) is 105 Å². The molecule has 182 valence electrons. The molecule has 0 spiro atoms. The van der Waals surface area contributed by atoms with Gasteiger partial charge < -0.3 is 5.11 Å². The van der Waals surface area contributed by atoms with Gasteiger partial charge in [0, 0.05) is 11.0 Å². The second-order valence-corrected chi connectivity index (χ2v) is 12.8. The molecule has 5 aliphatic carbocycles. The number of hydrogen-bond acceptors (Lipinski definition) is 4. The molecule has 6 atom stereocenters. The second-order valence-electron chi connectivity index (χ2n) is 12.8. The van der Waals surface area contributed by atoms with E-state index in [0.717, 1.165) is 56.1 Å². The van der Waals surface area contributed by atoms with Crippen LogP contribution in [0.4, 0.5) is 0 Å². The molecular weight excluding hydrogens is 422 g/mol. The summed E-state index contributed by atoms with van der Waals surface area (Å²) in [6.07, 6.45) is 16.6. The van der Waals surface area contributed by atoms with Crippen molar-refractivity contribution in [2.45, 2.75) is 98.4 Å². The summed E-state index contributed by atoms with van der Waals surface area (Å²) in [7, 11) is 0. The highest BCUT2D eigenvalue weighted by Gasteiger charge is 2.67. The van der Waals surface area contributed by atoms with E-state index < -0.39 is 0 Å². The van der Waals surface area contributed by atoms with Crippen molar-refractivity contribution in [3.05, 3.63) is 46.3 Å². The van der Waals surface area contributed by atoms with E-state index in [4.69, 9.17) is 0 Å². The van der Waals surface area contributed by atoms with E-state index in [-0.39, 0.29) is 38.7 Å². The van der Waals surface area contributed by atoms with Crippen LogP contribution in [0.2, 0.25) is 0 Å². The number of isocyanates is 1. The Bertz CT molecular complexity index is 1150. The highest BCUT2D eigenvalue weighted by molar-refractivity contribution is 6.06. The zero-order chi connectivity index (χ0) is 24.7. The summed E-state index contributed by atoms with van der Waals surface area (Å²) in [5.74, 6) is 0.102. The van der Waals surface area contributed by atoms with Crippen molar-refractivity contribution in [2.75, 3.05) is 0 Å². The van der Waals surface area contributed by atoms with Crippen LogP contribution in [0.15, 0.2) is 51.3 Å². The van der Waals surface area contributed by atoms with Crippen molar-refractivity contribution in [1.29, 1.82) is 0 Å². The number of hydrogen-bond donors (Lipinski definition) is 1. The average molecular weight is 462 g/mol. The quantitative estimate of drug-likeness (QED) is 0.352. The van der Waals surface area contributed by atoms with Crippen molar-refractivity contribution < 1.29 is 14.7 Å². The first kappa shape index (κ1) is 23.5. The fourth-order valence-electron chi connectivity index (χ4n) is 9.22. The molecule has 0 aromatic heterocycles. The molecule has 0 aliphatic heterocycles. The van der Waals surface area contributed by atoms with E-state index in [2.05, 4.69) is 51.8 Å². The molecule has 3 saturated carbocycles. The number of carbonyl (C=O) groups excluding carboxylic acids is 2. The van der Waals surface area contributed by atoms with Crippen molar-refractivity contribution in [2.24, 2.45) is 32.6 Å². The topological polar surface area (TPSA) is 66.7 Å². The molecular formula is C30H39NO3. The number of aliphatic imine (C=N–C) groups is 1. The summed E-state index contributed by atoms with van der Waals surface area (Å²) in [6.45, 7) is 13.7. The molecule has 3 fully saturated rings. The van der Waals surface area contributed by atoms with Gasteiger partial charge in [0.1, 0.15) is 0 Å². The lowest BCUT2D eigenvalue weighted by Gasteiger charge is -2.70. The van der Waals surface area contributed by atoms with Crippen LogP contribution in [0, 0.1) is 27.6 Å². The van der Waals surface area contributed by atoms with Crippen molar-refractivity contribution >= 4 is 11.9 Å². The van der Waals surface area contributed by atoms with Gasteiger partial charge >= 0.3 is 0 Å². The number of aliphatic hydroxyl groups is 1. The fourth-order valence-corrected chi connectivity index (χ4v) is 9.22. The molecule has 4 heteroatoms. The lowest BCUT2D eigenvalue weighted by atomic mass is 9.34. The van der Waals surface area contributed by atoms with Crippen LogP contribution >= 0.6 is 0 Å². The van der Waals surface area contributed by atoms with Crippen LogP contribution in [-0.2, 0) is 9.59 Å². The van der Waals surface area contributed by atoms with Crippen LogP contribution in [0.1, 0.15) is 92.9 Å². The van der Waals surface area contributed by atoms with E-state index in [1.807, 2.05) is 13.0 Å². The molecule has 0 unspecified atom stereocenters. The predicted octanol–water partition coefficient (Wildman–Crippen LogP) is 7.09. The number of rotatable bonds is 2. The van der Waals surface area contributed by atoms with Gasteiger partial charge in [0.25, 0.3) is 0 Å². The molecule has 0 aromatic rings. The maximum absolute atomic E-state index is 12.6. The predicted molar refractivity (Wildman–Crippen MR) is 134 cm³/mol. The number of fused-ring (bicyclic) bond motifs is 7. The molecule has 0 amide bonds. The molecule has 4 nitrogen and oxygen atoms in total. The summed E-state index contributed by atoms with van der Waals surface area (Å²) >= 11 is 0. The minimum atomic E-state index is -0.321. The van der Waals surface area contributed by atoms with Crippen LogP contribution in [-0.4, -0.2) is 22.5 Å². The van der Waals surface area contributed by atoms with Crippen LogP contribution < -0.4 is 0 Å². The SMILES string of the molecule is CC[C@@]12CC[C@@]3(C)C4=CC(=O)C(O)=C(C)C4=CC=C3[C@@]1(C)CC[C@@]1(C)CC[C@@](C)(N=C=O)C[C@H]12. The highest BCUT2D eigenvalue weighted by atomic mass is 16.3. The molecule has 5 rings (SSSR count). The van der Waals surface area contributed by atoms with E-state index in [9.17, 15) is 14.7 Å². The zero-order valence-corrected chi connectivity index (χ0v) is 21.7. The van der Waals surface area contributed by atoms with Gasteiger partial charge in [-0.15, -0.1) is 0 Å². The monoisotopic (exact) mass is 461 g/mol. The van der Waals surface area contributed by atoms with Gasteiger partial charge in [-0.1, -0.05) is 45.4 Å². The Labute approximate surface area is 204 Å². The minimum Gasteiger partial charge on any atom is -0.504 e. The van der Waals surface area contributed by atoms with Gasteiger partial charge in [0.05, 0.1) is 5.54 Å². The van der Waals surface area contributed by atoms with Crippen LogP contribution in [0.3, 0.4) is 0 Å². The Morgan fingerprint density at radius 2 is 1.76 bits per heavy atom. The Kier molecular flexibility index (Phi) is 4.96. The maximum atomic E-state index is 12.6. The molecule has 0 aromatic carbocycles. The third-order valence-electron chi connectivity index (χ3n) is 11.5. The number of aliphatic hydroxyl groups excluding tert-OH is 1. The normalized spacial score (nSPS) is 45.5. The first-order valence-electron chi connectivity index (χ1n) is 13.1. The first-order chi connectivity index (χ1) is 15.9. The van der Waals surface area contributed by atoms with E-state index >= 15 is 0 Å². The van der Waals surface area contributed by atoms with Crippen molar-refractivity contribution in [3.8, 4) is 0 Å². The summed E-state index contributed by atoms with van der Waals surface area (Å²) in [4.78, 5) is 28.3. The number of nitrogens with zero attached hydrogens (tertiary/aromatic N) is 1. The minimum absolute atomic E-state index is 0.00506. The third-order valence-corrected chi connectivity index (χ3v) is 11.5. The van der Waals surface area contributed by atoms with E-state index in [0.29, 0.717) is 11.5 Å². The Morgan fingerprint density at radius 1 is 1.06 bits per heavy atom. The third kappa shape index (κ3) is 2.75. The second kappa shape index (κ2) is 7.17. The maximum Gasteiger partial charge on any atom is 0.235 e. The van der Waals surface area contributed by atoms with Gasteiger partial charge in [0.15, 0.2) is 5.76 Å². The lowest BCUT2D eigenvalue weighted by molar-refractivity contribution is -0.162. The smallest absolute Gasteiger partial charge is 0.235 e. The zero-order valence-electron chi connectivity index (χ0n) is 21.7. The fraction of sp³-hybridized carbons (Fsp3) is 0.667. The van der Waals surface area contributed by atoms with E-state index in [1.165, 1.54) is 12.0 Å². The number of ketones is 1. The van der Waals surface area contributed by atoms with Gasteiger partial charge in [-0.2, -0.15) is 4.99 Å². The average Bonchev–Trinajstić information content (AvgIpc) is 2.79. The summed E-state index contributed by atoms with van der Waals surface area (Å²) < 4.78 is 0. The van der Waals surface area contributed by atoms with Gasteiger partial charge in [-0.3, -0.25) is 4.79 Å². The van der Waals surface area contributed by atoms with Crippen LogP contribution in [0.25, 0.3) is 0 Å². The first-order valence-corrected chi connectivity index (χ1v) is 13.1. The largest absolute Gasteiger partial charge is 0.504 e. The molecule has 0 heterocycles. The molecule has 34 heavy (non-hydrogen) atoms. The molecule has 5 aliphatic rings. The Morgan fingerprint density at radius 3 is 2.44 bits per heavy atom.